The molecule has 2 aromatic heterocycles. The van der Waals surface area contributed by atoms with Crippen LogP contribution < -0.4 is 5.32 Å². The molecule has 1 amide bonds. The lowest BCUT2D eigenvalue weighted by Crippen LogP contribution is -2.13. The summed E-state index contributed by atoms with van der Waals surface area (Å²) in [5, 5.41) is 13.8. The van der Waals surface area contributed by atoms with Crippen LogP contribution in [0.1, 0.15) is 10.4 Å². The van der Waals surface area contributed by atoms with Crippen molar-refractivity contribution in [3.05, 3.63) is 83.6 Å². The number of carbonyl (C=O) groups excluding carboxylic acids is 1. The van der Waals surface area contributed by atoms with Crippen molar-refractivity contribution in [3.63, 3.8) is 0 Å². The summed E-state index contributed by atoms with van der Waals surface area (Å²) in [6, 6.07) is 17.3. The topological polar surface area (TPSA) is 75.1 Å². The number of halogens is 1. The number of nitrogens with zero attached hydrogens (tertiary/aromatic N) is 2. The van der Waals surface area contributed by atoms with Gasteiger partial charge < -0.3 is 10.4 Å². The Morgan fingerprint density at radius 1 is 1.04 bits per heavy atom. The average molecular weight is 376 g/mol. The molecule has 2 heterocycles. The molecule has 4 aromatic rings. The van der Waals surface area contributed by atoms with E-state index in [-0.39, 0.29) is 17.3 Å². The van der Waals surface area contributed by atoms with Crippen LogP contribution in [0.15, 0.2) is 73.1 Å². The number of anilines is 1. The lowest BCUT2D eigenvalue weighted by Gasteiger charge is -2.11. The van der Waals surface area contributed by atoms with Crippen LogP contribution in [0.2, 0.25) is 5.02 Å². The van der Waals surface area contributed by atoms with Crippen molar-refractivity contribution in [1.82, 2.24) is 9.97 Å². The number of benzene rings is 2. The van der Waals surface area contributed by atoms with Gasteiger partial charge in [0.15, 0.2) is 0 Å². The molecule has 0 saturated heterocycles. The van der Waals surface area contributed by atoms with Crippen molar-refractivity contribution < 1.29 is 9.90 Å². The van der Waals surface area contributed by atoms with E-state index in [1.165, 1.54) is 12.1 Å². The van der Waals surface area contributed by atoms with Crippen LogP contribution in [0.4, 0.5) is 5.69 Å². The average Bonchev–Trinajstić information content (AvgIpc) is 2.70. The van der Waals surface area contributed by atoms with Gasteiger partial charge in [0, 0.05) is 28.4 Å². The van der Waals surface area contributed by atoms with E-state index in [2.05, 4.69) is 15.3 Å². The van der Waals surface area contributed by atoms with E-state index in [1.807, 2.05) is 36.4 Å². The summed E-state index contributed by atoms with van der Waals surface area (Å²) in [5.74, 6) is -0.421. The second-order valence-electron chi connectivity index (χ2n) is 5.93. The minimum Gasteiger partial charge on any atom is -0.506 e. The maximum absolute atomic E-state index is 13.0. The zero-order chi connectivity index (χ0) is 18.8. The number of hydrogen-bond acceptors (Lipinski definition) is 4. The van der Waals surface area contributed by atoms with Gasteiger partial charge in [0.1, 0.15) is 5.75 Å². The first-order valence-corrected chi connectivity index (χ1v) is 8.60. The molecule has 0 unspecified atom stereocenters. The van der Waals surface area contributed by atoms with Crippen LogP contribution in [0.3, 0.4) is 0 Å². The highest BCUT2D eigenvalue weighted by Crippen LogP contribution is 2.29. The van der Waals surface area contributed by atoms with Crippen LogP contribution >= 0.6 is 11.6 Å². The summed E-state index contributed by atoms with van der Waals surface area (Å²) in [4.78, 5) is 21.7. The van der Waals surface area contributed by atoms with Gasteiger partial charge in [-0.15, -0.1) is 0 Å². The number of fused-ring (bicyclic) bond motifs is 1. The fourth-order valence-corrected chi connectivity index (χ4v) is 3.00. The molecule has 4 rings (SSSR count). The highest BCUT2D eigenvalue weighted by molar-refractivity contribution is 6.31. The number of amides is 1. The fraction of sp³-hybridized carbons (Fsp3) is 0. The molecule has 0 saturated carbocycles. The third kappa shape index (κ3) is 3.45. The van der Waals surface area contributed by atoms with Gasteiger partial charge in [-0.05, 0) is 42.5 Å². The molecule has 2 N–H and O–H groups in total. The Morgan fingerprint density at radius 2 is 1.89 bits per heavy atom. The Kier molecular flexibility index (Phi) is 4.44. The number of hydrogen-bond donors (Lipinski definition) is 2. The minimum absolute atomic E-state index is 0.0569. The minimum atomic E-state index is -0.365. The largest absolute Gasteiger partial charge is 0.506 e. The lowest BCUT2D eigenvalue weighted by molar-refractivity contribution is 0.102. The Balaban J connectivity index is 1.82. The van der Waals surface area contributed by atoms with Crippen molar-refractivity contribution in [2.75, 3.05) is 5.32 Å². The number of phenolic OH excluding ortho intramolecular Hbond substituents is 1. The summed E-state index contributed by atoms with van der Waals surface area (Å²) >= 11 is 5.97. The van der Waals surface area contributed by atoms with E-state index in [0.717, 1.165) is 5.56 Å². The molecular weight excluding hydrogens is 362 g/mol. The maximum atomic E-state index is 13.0. The van der Waals surface area contributed by atoms with Gasteiger partial charge in [0.25, 0.3) is 5.91 Å². The van der Waals surface area contributed by atoms with Crippen molar-refractivity contribution in [1.29, 1.82) is 0 Å². The molecular formula is C21H14ClN3O2. The van der Waals surface area contributed by atoms with E-state index in [4.69, 9.17) is 11.6 Å². The summed E-state index contributed by atoms with van der Waals surface area (Å²) in [6.07, 6.45) is 3.38. The molecule has 0 radical (unpaired) electrons. The predicted molar refractivity (Wildman–Crippen MR) is 106 cm³/mol. The highest BCUT2D eigenvalue weighted by atomic mass is 35.5. The molecule has 0 atom stereocenters. The molecule has 132 valence electrons. The van der Waals surface area contributed by atoms with Crippen LogP contribution in [0.25, 0.3) is 22.2 Å². The number of carbonyl (C=O) groups is 1. The number of aromatic hydroxyl groups is 1. The molecule has 0 aliphatic heterocycles. The van der Waals surface area contributed by atoms with E-state index in [9.17, 15) is 9.90 Å². The van der Waals surface area contributed by atoms with Crippen LogP contribution in [0, 0.1) is 0 Å². The number of nitrogens with one attached hydrogen (secondary N) is 1. The second-order valence-corrected chi connectivity index (χ2v) is 6.37. The molecule has 0 fully saturated rings. The van der Waals surface area contributed by atoms with Gasteiger partial charge in [0.05, 0.1) is 22.5 Å². The Bertz CT molecular complexity index is 1150. The molecule has 5 nitrogen and oxygen atoms in total. The third-order valence-electron chi connectivity index (χ3n) is 4.12. The molecule has 0 aliphatic rings. The zero-order valence-corrected chi connectivity index (χ0v) is 14.8. The summed E-state index contributed by atoms with van der Waals surface area (Å²) in [6.45, 7) is 0. The first-order valence-electron chi connectivity index (χ1n) is 8.22. The molecule has 6 heteroatoms. The first kappa shape index (κ1) is 17.0. The number of pyridine rings is 2. The SMILES string of the molecule is O=C(Nc1cc(Cl)ccc1O)c1cc(-c2cccnc2)nc2ccccc12. The van der Waals surface area contributed by atoms with Gasteiger partial charge in [-0.1, -0.05) is 29.8 Å². The van der Waals surface area contributed by atoms with E-state index >= 15 is 0 Å². The molecule has 0 aliphatic carbocycles. The molecule has 2 aromatic carbocycles. The standard InChI is InChI=1S/C21H14ClN3O2/c22-14-7-8-20(26)19(10-14)25-21(27)16-11-18(13-4-3-9-23-12-13)24-17-6-2-1-5-15(16)17/h1-12,26H,(H,25,27). The first-order chi connectivity index (χ1) is 13.1. The van der Waals surface area contributed by atoms with Crippen molar-refractivity contribution >= 4 is 34.1 Å². The van der Waals surface area contributed by atoms with Gasteiger partial charge >= 0.3 is 0 Å². The number of aromatic nitrogens is 2. The van der Waals surface area contributed by atoms with Gasteiger partial charge in [-0.25, -0.2) is 4.98 Å². The Labute approximate surface area is 160 Å². The Morgan fingerprint density at radius 3 is 2.70 bits per heavy atom. The lowest BCUT2D eigenvalue weighted by atomic mass is 10.0. The zero-order valence-electron chi connectivity index (χ0n) is 14.1. The summed E-state index contributed by atoms with van der Waals surface area (Å²) in [5.41, 5.74) is 2.83. The monoisotopic (exact) mass is 375 g/mol. The highest BCUT2D eigenvalue weighted by Gasteiger charge is 2.15. The quantitative estimate of drug-likeness (QED) is 0.499. The van der Waals surface area contributed by atoms with Crippen LogP contribution in [0.5, 0.6) is 5.75 Å². The molecule has 0 bridgehead atoms. The van der Waals surface area contributed by atoms with Crippen molar-refractivity contribution in [3.8, 4) is 17.0 Å². The second kappa shape index (κ2) is 7.05. The van der Waals surface area contributed by atoms with Crippen LogP contribution in [-0.2, 0) is 0 Å². The predicted octanol–water partition coefficient (Wildman–Crippen LogP) is 4.91. The molecule has 27 heavy (non-hydrogen) atoms. The smallest absolute Gasteiger partial charge is 0.256 e. The van der Waals surface area contributed by atoms with Gasteiger partial charge in [-0.3, -0.25) is 9.78 Å². The van der Waals surface area contributed by atoms with Gasteiger partial charge in [0.2, 0.25) is 0 Å². The van der Waals surface area contributed by atoms with Gasteiger partial charge in [-0.2, -0.15) is 0 Å². The van der Waals surface area contributed by atoms with Crippen LogP contribution in [-0.4, -0.2) is 21.0 Å². The normalized spacial score (nSPS) is 10.7. The third-order valence-corrected chi connectivity index (χ3v) is 4.36. The fourth-order valence-electron chi connectivity index (χ4n) is 2.82. The van der Waals surface area contributed by atoms with E-state index in [0.29, 0.717) is 27.2 Å². The Hall–Kier alpha value is -3.44. The summed E-state index contributed by atoms with van der Waals surface area (Å²) < 4.78 is 0. The number of rotatable bonds is 3. The number of phenols is 1. The van der Waals surface area contributed by atoms with E-state index in [1.54, 1.807) is 24.5 Å². The summed E-state index contributed by atoms with van der Waals surface area (Å²) in [7, 11) is 0. The number of para-hydroxylation sites is 1. The van der Waals surface area contributed by atoms with E-state index < -0.39 is 0 Å². The molecule has 0 spiro atoms. The maximum Gasteiger partial charge on any atom is 0.256 e. The van der Waals surface area contributed by atoms with Crippen molar-refractivity contribution in [2.45, 2.75) is 0 Å². The van der Waals surface area contributed by atoms with Crippen molar-refractivity contribution in [2.24, 2.45) is 0 Å².